The molecule has 0 unspecified atom stereocenters. The first-order valence-electron chi connectivity index (χ1n) is 6.60. The van der Waals surface area contributed by atoms with Crippen molar-refractivity contribution in [3.8, 4) is 11.5 Å². The zero-order chi connectivity index (χ0) is 13.9. The van der Waals surface area contributed by atoms with Gasteiger partial charge in [-0.2, -0.15) is 0 Å². The number of nitrogens with zero attached hydrogens (tertiary/aromatic N) is 1. The Morgan fingerprint density at radius 3 is 2.50 bits per heavy atom. The van der Waals surface area contributed by atoms with E-state index in [-0.39, 0.29) is 6.04 Å². The van der Waals surface area contributed by atoms with Crippen LogP contribution in [0.4, 0.5) is 0 Å². The normalized spacial score (nSPS) is 12.3. The zero-order valence-corrected chi connectivity index (χ0v) is 11.3. The maximum Gasteiger partial charge on any atom is 0.146 e. The second kappa shape index (κ2) is 5.31. The third-order valence-corrected chi connectivity index (χ3v) is 3.21. The molecule has 0 aliphatic heterocycles. The van der Waals surface area contributed by atoms with Crippen LogP contribution < -0.4 is 10.5 Å². The lowest BCUT2D eigenvalue weighted by Crippen LogP contribution is -2.04. The van der Waals surface area contributed by atoms with Gasteiger partial charge in [0.1, 0.15) is 11.5 Å². The van der Waals surface area contributed by atoms with Crippen molar-refractivity contribution in [1.29, 1.82) is 0 Å². The van der Waals surface area contributed by atoms with Gasteiger partial charge in [0.15, 0.2) is 0 Å². The summed E-state index contributed by atoms with van der Waals surface area (Å²) in [7, 11) is 0. The van der Waals surface area contributed by atoms with Crippen molar-refractivity contribution in [2.24, 2.45) is 5.73 Å². The molecule has 3 rings (SSSR count). The maximum atomic E-state index is 5.83. The molecule has 1 aromatic heterocycles. The highest BCUT2D eigenvalue weighted by atomic mass is 16.5. The lowest BCUT2D eigenvalue weighted by molar-refractivity contribution is 0.481. The topological polar surface area (TPSA) is 48.1 Å². The number of hydrogen-bond donors (Lipinski definition) is 1. The summed E-state index contributed by atoms with van der Waals surface area (Å²) in [6.45, 7) is 1.96. The Bertz CT molecular complexity index is 720. The van der Waals surface area contributed by atoms with E-state index < -0.39 is 0 Å². The van der Waals surface area contributed by atoms with E-state index in [4.69, 9.17) is 10.5 Å². The minimum absolute atomic E-state index is 0.0337. The molecule has 1 atom stereocenters. The second-order valence-electron chi connectivity index (χ2n) is 4.82. The Kier molecular flexibility index (Phi) is 3.35. The van der Waals surface area contributed by atoms with Gasteiger partial charge in [-0.05, 0) is 36.8 Å². The molecule has 2 aromatic carbocycles. The van der Waals surface area contributed by atoms with Crippen molar-refractivity contribution < 1.29 is 4.74 Å². The van der Waals surface area contributed by atoms with Crippen LogP contribution in [0.2, 0.25) is 0 Å². The molecule has 1 heterocycles. The van der Waals surface area contributed by atoms with Crippen molar-refractivity contribution in [2.75, 3.05) is 0 Å². The van der Waals surface area contributed by atoms with Crippen LogP contribution in [-0.2, 0) is 0 Å². The third kappa shape index (κ3) is 2.63. The number of aromatic nitrogens is 1. The minimum atomic E-state index is 0.0337. The molecule has 0 saturated heterocycles. The van der Waals surface area contributed by atoms with Crippen molar-refractivity contribution in [3.63, 3.8) is 0 Å². The van der Waals surface area contributed by atoms with Crippen LogP contribution in [0.15, 0.2) is 60.8 Å². The molecule has 0 saturated carbocycles. The molecule has 0 radical (unpaired) electrons. The molecule has 3 nitrogen and oxygen atoms in total. The molecule has 0 fully saturated rings. The molecular formula is C17H16N2O. The monoisotopic (exact) mass is 264 g/mol. The van der Waals surface area contributed by atoms with Crippen LogP contribution in [0.25, 0.3) is 10.9 Å². The minimum Gasteiger partial charge on any atom is -0.456 e. The molecule has 0 spiro atoms. The molecule has 20 heavy (non-hydrogen) atoms. The molecule has 0 aliphatic carbocycles. The number of rotatable bonds is 3. The van der Waals surface area contributed by atoms with E-state index in [1.807, 2.05) is 61.5 Å². The van der Waals surface area contributed by atoms with Gasteiger partial charge in [0.25, 0.3) is 0 Å². The first kappa shape index (κ1) is 12.6. The van der Waals surface area contributed by atoms with Gasteiger partial charge < -0.3 is 10.5 Å². The Labute approximate surface area is 118 Å². The average Bonchev–Trinajstić information content (AvgIpc) is 2.48. The number of benzene rings is 2. The van der Waals surface area contributed by atoms with E-state index in [9.17, 15) is 0 Å². The average molecular weight is 264 g/mol. The van der Waals surface area contributed by atoms with Gasteiger partial charge in [-0.3, -0.25) is 4.98 Å². The second-order valence-corrected chi connectivity index (χ2v) is 4.82. The predicted octanol–water partition coefficient (Wildman–Crippen LogP) is 4.05. The van der Waals surface area contributed by atoms with Crippen LogP contribution in [0.3, 0.4) is 0 Å². The van der Waals surface area contributed by atoms with E-state index >= 15 is 0 Å². The summed E-state index contributed by atoms with van der Waals surface area (Å²) in [6, 6.07) is 17.8. The number of pyridine rings is 1. The number of fused-ring (bicyclic) bond motifs is 1. The molecule has 3 aromatic rings. The van der Waals surface area contributed by atoms with Gasteiger partial charge in [-0.25, -0.2) is 0 Å². The largest absolute Gasteiger partial charge is 0.456 e. The van der Waals surface area contributed by atoms with E-state index in [1.165, 1.54) is 0 Å². The summed E-state index contributed by atoms with van der Waals surface area (Å²) >= 11 is 0. The third-order valence-electron chi connectivity index (χ3n) is 3.21. The van der Waals surface area contributed by atoms with Crippen LogP contribution >= 0.6 is 0 Å². The van der Waals surface area contributed by atoms with E-state index in [1.54, 1.807) is 6.20 Å². The smallest absolute Gasteiger partial charge is 0.146 e. The van der Waals surface area contributed by atoms with Crippen molar-refractivity contribution >= 4 is 10.9 Å². The molecule has 3 heteroatoms. The van der Waals surface area contributed by atoms with E-state index in [2.05, 4.69) is 4.98 Å². The van der Waals surface area contributed by atoms with Gasteiger partial charge in [0, 0.05) is 11.4 Å². The first-order valence-corrected chi connectivity index (χ1v) is 6.60. The molecule has 100 valence electrons. The Morgan fingerprint density at radius 1 is 1.00 bits per heavy atom. The Morgan fingerprint density at radius 2 is 1.75 bits per heavy atom. The molecule has 2 N–H and O–H groups in total. The summed E-state index contributed by atoms with van der Waals surface area (Å²) < 4.78 is 5.82. The quantitative estimate of drug-likeness (QED) is 0.776. The summed E-state index contributed by atoms with van der Waals surface area (Å²) in [5.41, 5.74) is 7.88. The Hall–Kier alpha value is -2.39. The van der Waals surface area contributed by atoms with E-state index in [0.29, 0.717) is 0 Å². The fourth-order valence-corrected chi connectivity index (χ4v) is 2.08. The molecule has 0 amide bonds. The lowest BCUT2D eigenvalue weighted by atomic mass is 10.1. The highest BCUT2D eigenvalue weighted by molar-refractivity contribution is 5.79. The van der Waals surface area contributed by atoms with Crippen LogP contribution in [0.1, 0.15) is 18.5 Å². The summed E-state index contributed by atoms with van der Waals surface area (Å²) in [5, 5.41) is 1.07. The van der Waals surface area contributed by atoms with Crippen molar-refractivity contribution in [2.45, 2.75) is 13.0 Å². The van der Waals surface area contributed by atoms with Gasteiger partial charge in [-0.1, -0.05) is 30.3 Å². The van der Waals surface area contributed by atoms with Gasteiger partial charge in [0.05, 0.1) is 11.7 Å². The van der Waals surface area contributed by atoms with Gasteiger partial charge in [0.2, 0.25) is 0 Å². The summed E-state index contributed by atoms with van der Waals surface area (Å²) in [6.07, 6.45) is 1.74. The molecule has 0 aliphatic rings. The van der Waals surface area contributed by atoms with Crippen LogP contribution in [-0.4, -0.2) is 4.98 Å². The maximum absolute atomic E-state index is 5.83. The highest BCUT2D eigenvalue weighted by Gasteiger charge is 2.02. The number of nitrogens with two attached hydrogens (primary N) is 1. The highest BCUT2D eigenvalue weighted by Crippen LogP contribution is 2.25. The molecule has 0 bridgehead atoms. The number of hydrogen-bond acceptors (Lipinski definition) is 3. The lowest BCUT2D eigenvalue weighted by Gasteiger charge is -2.09. The molecular weight excluding hydrogens is 248 g/mol. The van der Waals surface area contributed by atoms with Crippen LogP contribution in [0, 0.1) is 0 Å². The van der Waals surface area contributed by atoms with Crippen molar-refractivity contribution in [3.05, 3.63) is 66.4 Å². The fraction of sp³-hybridized carbons (Fsp3) is 0.118. The van der Waals surface area contributed by atoms with Crippen LogP contribution in [0.5, 0.6) is 11.5 Å². The summed E-state index contributed by atoms with van der Waals surface area (Å²) in [5.74, 6) is 1.52. The fourth-order valence-electron chi connectivity index (χ4n) is 2.08. The van der Waals surface area contributed by atoms with Crippen molar-refractivity contribution in [1.82, 2.24) is 4.98 Å². The SMILES string of the molecule is C[C@@H](N)c1ccc(Oc2cnc3ccccc3c2)cc1. The predicted molar refractivity (Wildman–Crippen MR) is 80.9 cm³/mol. The zero-order valence-electron chi connectivity index (χ0n) is 11.3. The number of ether oxygens (including phenoxy) is 1. The van der Waals surface area contributed by atoms with Gasteiger partial charge >= 0.3 is 0 Å². The number of para-hydroxylation sites is 1. The van der Waals surface area contributed by atoms with E-state index in [0.717, 1.165) is 28.0 Å². The Balaban J connectivity index is 1.85. The summed E-state index contributed by atoms with van der Waals surface area (Å²) in [4.78, 5) is 4.38. The standard InChI is InChI=1S/C17H16N2O/c1-12(18)13-6-8-15(9-7-13)20-16-10-14-4-2-3-5-17(14)19-11-16/h2-12H,18H2,1H3/t12-/m1/s1. The first-order chi connectivity index (χ1) is 9.72. The van der Waals surface area contributed by atoms with Gasteiger partial charge in [-0.15, -0.1) is 0 Å².